The van der Waals surface area contributed by atoms with E-state index in [1.807, 2.05) is 0 Å². The zero-order valence-corrected chi connectivity index (χ0v) is 6.02. The maximum atomic E-state index is 10.2. The van der Waals surface area contributed by atoms with E-state index >= 15 is 0 Å². The van der Waals surface area contributed by atoms with E-state index in [2.05, 4.69) is 0 Å². The van der Waals surface area contributed by atoms with Gasteiger partial charge in [0.2, 0.25) is 5.76 Å². The smallest absolute Gasteiger partial charge is 0.371 e. The second-order valence-electron chi connectivity index (χ2n) is 1.91. The van der Waals surface area contributed by atoms with E-state index in [9.17, 15) is 9.59 Å². The summed E-state index contributed by atoms with van der Waals surface area (Å²) < 4.78 is 0. The van der Waals surface area contributed by atoms with Crippen LogP contribution in [0, 0.1) is 0 Å². The van der Waals surface area contributed by atoms with Crippen LogP contribution in [-0.4, -0.2) is 39.0 Å². The summed E-state index contributed by atoms with van der Waals surface area (Å²) in [5.74, 6) is -4.51. The van der Waals surface area contributed by atoms with Gasteiger partial charge in [-0.3, -0.25) is 0 Å². The molecule has 0 unspecified atom stereocenters. The second kappa shape index (κ2) is 4.35. The number of aliphatic carboxylic acids is 2. The molecule has 0 amide bonds. The Hall–Kier alpha value is -1.56. The zero-order chi connectivity index (χ0) is 9.72. The first-order chi connectivity index (χ1) is 5.50. The second-order valence-corrected chi connectivity index (χ2v) is 1.91. The van der Waals surface area contributed by atoms with Crippen molar-refractivity contribution in [1.29, 1.82) is 0 Å². The van der Waals surface area contributed by atoms with Crippen molar-refractivity contribution < 1.29 is 30.0 Å². The minimum absolute atomic E-state index is 0.395. The van der Waals surface area contributed by atoms with Crippen molar-refractivity contribution in [2.45, 2.75) is 6.42 Å². The summed E-state index contributed by atoms with van der Waals surface area (Å²) in [6.45, 7) is -0.529. The lowest BCUT2D eigenvalue weighted by Crippen LogP contribution is -2.12. The molecule has 0 rings (SSSR count). The van der Waals surface area contributed by atoms with Crippen molar-refractivity contribution in [2.24, 2.45) is 0 Å². The summed E-state index contributed by atoms with van der Waals surface area (Å²) in [4.78, 5) is 20.3. The molecule has 0 atom stereocenters. The fourth-order valence-electron chi connectivity index (χ4n) is 0.568. The number of carboxylic acids is 2. The largest absolute Gasteiger partial charge is 0.501 e. The maximum Gasteiger partial charge on any atom is 0.371 e. The molecule has 0 saturated heterocycles. The number of hydrogen-bond donors (Lipinski definition) is 4. The summed E-state index contributed by atoms with van der Waals surface area (Å²) in [5, 5.41) is 33.5. The summed E-state index contributed by atoms with van der Waals surface area (Å²) in [6.07, 6.45) is -0.395. The highest BCUT2D eigenvalue weighted by atomic mass is 16.4. The van der Waals surface area contributed by atoms with Gasteiger partial charge < -0.3 is 20.4 Å². The molecule has 0 radical (unpaired) electrons. The van der Waals surface area contributed by atoms with Crippen LogP contribution in [0.25, 0.3) is 0 Å². The predicted molar refractivity (Wildman–Crippen MR) is 36.6 cm³/mol. The lowest BCUT2D eigenvalue weighted by Gasteiger charge is -2.00. The van der Waals surface area contributed by atoms with Crippen LogP contribution in [-0.2, 0) is 9.59 Å². The average Bonchev–Trinajstić information content (AvgIpc) is 1.98. The van der Waals surface area contributed by atoms with E-state index in [0.717, 1.165) is 0 Å². The van der Waals surface area contributed by atoms with Gasteiger partial charge in [-0.25, -0.2) is 9.59 Å². The molecule has 0 spiro atoms. The van der Waals surface area contributed by atoms with Crippen molar-refractivity contribution in [1.82, 2.24) is 0 Å². The third-order valence-electron chi connectivity index (χ3n) is 1.11. The van der Waals surface area contributed by atoms with Crippen molar-refractivity contribution >= 4 is 11.9 Å². The van der Waals surface area contributed by atoms with Crippen molar-refractivity contribution in [3.63, 3.8) is 0 Å². The standard InChI is InChI=1S/C6H8O6/c7-2-1-3(5(9)10)4(8)6(11)12/h7-8H,1-2H2,(H,9,10)(H,11,12). The van der Waals surface area contributed by atoms with Crippen LogP contribution in [0.3, 0.4) is 0 Å². The summed E-state index contributed by atoms with van der Waals surface area (Å²) in [5.41, 5.74) is -0.704. The number of rotatable bonds is 4. The zero-order valence-electron chi connectivity index (χ0n) is 6.02. The highest BCUT2D eigenvalue weighted by molar-refractivity contribution is 5.96. The number of carboxylic acid groups (broad SMARTS) is 2. The Bertz CT molecular complexity index is 228. The van der Waals surface area contributed by atoms with Gasteiger partial charge in [0, 0.05) is 13.0 Å². The normalized spacial score (nSPS) is 12.1. The molecular formula is C6H8O6. The monoisotopic (exact) mass is 176 g/mol. The number of carbonyl (C=O) groups is 2. The quantitative estimate of drug-likeness (QED) is 0.334. The van der Waals surface area contributed by atoms with Crippen LogP contribution < -0.4 is 0 Å². The molecule has 0 aromatic rings. The van der Waals surface area contributed by atoms with Crippen LogP contribution in [0.2, 0.25) is 0 Å². The molecule has 0 heterocycles. The summed E-state index contributed by atoms with van der Waals surface area (Å²) in [6, 6.07) is 0. The van der Waals surface area contributed by atoms with Crippen molar-refractivity contribution in [3.05, 3.63) is 11.3 Å². The van der Waals surface area contributed by atoms with Gasteiger partial charge in [0.1, 0.15) is 0 Å². The van der Waals surface area contributed by atoms with Crippen LogP contribution in [0.4, 0.5) is 0 Å². The van der Waals surface area contributed by atoms with E-state index in [1.165, 1.54) is 0 Å². The number of hydrogen-bond acceptors (Lipinski definition) is 4. The van der Waals surface area contributed by atoms with Gasteiger partial charge in [-0.15, -0.1) is 0 Å². The molecule has 12 heavy (non-hydrogen) atoms. The molecule has 6 heteroatoms. The fourth-order valence-corrected chi connectivity index (χ4v) is 0.568. The van der Waals surface area contributed by atoms with Crippen LogP contribution >= 0.6 is 0 Å². The predicted octanol–water partition coefficient (Wildman–Crippen LogP) is -0.650. The van der Waals surface area contributed by atoms with Crippen LogP contribution in [0.1, 0.15) is 6.42 Å². The number of aliphatic hydroxyl groups excluding tert-OH is 2. The Morgan fingerprint density at radius 1 is 1.00 bits per heavy atom. The SMILES string of the molecule is O=C(O)C(O)=C(CCO)C(=O)O. The topological polar surface area (TPSA) is 115 Å². The molecule has 0 aliphatic rings. The van der Waals surface area contributed by atoms with Gasteiger partial charge in [0.25, 0.3) is 0 Å². The highest BCUT2D eigenvalue weighted by Crippen LogP contribution is 2.06. The Morgan fingerprint density at radius 3 is 1.75 bits per heavy atom. The van der Waals surface area contributed by atoms with E-state index in [-0.39, 0.29) is 0 Å². The van der Waals surface area contributed by atoms with Crippen molar-refractivity contribution in [3.8, 4) is 0 Å². The first-order valence-corrected chi connectivity index (χ1v) is 3.00. The third kappa shape index (κ3) is 2.59. The molecule has 0 saturated carbocycles. The Kier molecular flexibility index (Phi) is 3.78. The number of aliphatic hydroxyl groups is 2. The first kappa shape index (κ1) is 10.4. The van der Waals surface area contributed by atoms with Gasteiger partial charge in [0.15, 0.2) is 0 Å². The lowest BCUT2D eigenvalue weighted by atomic mass is 10.1. The minimum Gasteiger partial charge on any atom is -0.501 e. The Labute approximate surface area is 67.4 Å². The van der Waals surface area contributed by atoms with Crippen molar-refractivity contribution in [2.75, 3.05) is 6.61 Å². The highest BCUT2D eigenvalue weighted by Gasteiger charge is 2.18. The van der Waals surface area contributed by atoms with Crippen LogP contribution in [0.15, 0.2) is 11.3 Å². The summed E-state index contributed by atoms with van der Waals surface area (Å²) >= 11 is 0. The maximum absolute atomic E-state index is 10.2. The first-order valence-electron chi connectivity index (χ1n) is 3.00. The fraction of sp³-hybridized carbons (Fsp3) is 0.333. The minimum atomic E-state index is -1.72. The average molecular weight is 176 g/mol. The molecule has 68 valence electrons. The molecule has 0 aliphatic carbocycles. The van der Waals surface area contributed by atoms with E-state index in [4.69, 9.17) is 20.4 Å². The van der Waals surface area contributed by atoms with Gasteiger partial charge in [0.05, 0.1) is 5.57 Å². The van der Waals surface area contributed by atoms with Gasteiger partial charge >= 0.3 is 11.9 Å². The molecule has 4 N–H and O–H groups in total. The van der Waals surface area contributed by atoms with E-state index in [0.29, 0.717) is 0 Å². The lowest BCUT2D eigenvalue weighted by molar-refractivity contribution is -0.138. The molecule has 0 aliphatic heterocycles. The Morgan fingerprint density at radius 2 is 1.50 bits per heavy atom. The van der Waals surface area contributed by atoms with Gasteiger partial charge in [-0.05, 0) is 0 Å². The molecular weight excluding hydrogens is 168 g/mol. The van der Waals surface area contributed by atoms with Gasteiger partial charge in [-0.2, -0.15) is 0 Å². The third-order valence-corrected chi connectivity index (χ3v) is 1.11. The Balaban J connectivity index is 4.80. The summed E-state index contributed by atoms with van der Waals surface area (Å²) in [7, 11) is 0. The molecule has 0 aromatic carbocycles. The molecule has 0 aromatic heterocycles. The van der Waals surface area contributed by atoms with E-state index < -0.39 is 36.3 Å². The molecule has 0 bridgehead atoms. The van der Waals surface area contributed by atoms with E-state index in [1.54, 1.807) is 0 Å². The van der Waals surface area contributed by atoms with Gasteiger partial charge in [-0.1, -0.05) is 0 Å². The van der Waals surface area contributed by atoms with Crippen LogP contribution in [0.5, 0.6) is 0 Å². The molecule has 0 fully saturated rings. The molecule has 6 nitrogen and oxygen atoms in total.